The zero-order valence-electron chi connectivity index (χ0n) is 10.5. The van der Waals surface area contributed by atoms with Gasteiger partial charge in [-0.05, 0) is 24.1 Å². The molecule has 5 N–H and O–H groups in total. The highest BCUT2D eigenvalue weighted by Crippen LogP contribution is 2.22. The first-order chi connectivity index (χ1) is 8.34. The smallest absolute Gasteiger partial charge is 0.238 e. The Labute approximate surface area is 107 Å². The molecule has 6 nitrogen and oxygen atoms in total. The zero-order valence-corrected chi connectivity index (χ0v) is 11.3. The summed E-state index contributed by atoms with van der Waals surface area (Å²) < 4.78 is 27.5. The molecule has 0 radical (unpaired) electrons. The van der Waals surface area contributed by atoms with Gasteiger partial charge in [0.25, 0.3) is 0 Å². The van der Waals surface area contributed by atoms with E-state index in [0.29, 0.717) is 24.5 Å². The van der Waals surface area contributed by atoms with Crippen molar-refractivity contribution in [1.82, 2.24) is 0 Å². The first-order valence-corrected chi connectivity index (χ1v) is 7.04. The summed E-state index contributed by atoms with van der Waals surface area (Å²) in [5.74, 6) is 0.285. The van der Waals surface area contributed by atoms with Crippen LogP contribution in [0.3, 0.4) is 0 Å². The van der Waals surface area contributed by atoms with Crippen LogP contribution in [0.2, 0.25) is 0 Å². The van der Waals surface area contributed by atoms with Gasteiger partial charge >= 0.3 is 0 Å². The van der Waals surface area contributed by atoms with Gasteiger partial charge in [-0.15, -0.1) is 0 Å². The molecule has 102 valence electrons. The third kappa shape index (κ3) is 4.17. The molecule has 18 heavy (non-hydrogen) atoms. The molecule has 0 saturated carbocycles. The maximum absolute atomic E-state index is 11.2. The van der Waals surface area contributed by atoms with Crippen molar-refractivity contribution in [3.8, 4) is 0 Å². The maximum Gasteiger partial charge on any atom is 0.238 e. The molecule has 0 bridgehead atoms. The Hall–Kier alpha value is -1.31. The number of primary sulfonamides is 1. The number of nitrogens with one attached hydrogen (secondary N) is 1. The standard InChI is InChI=1S/C11H19N3O3S/c1-8(7-17-2)6-14-11-5-9(18(13,15)16)3-4-10(11)12/h3-5,8,14H,6-7,12H2,1-2H3,(H2,13,15,16). The molecule has 0 aliphatic rings. The SMILES string of the molecule is COCC(C)CNc1cc(S(N)(=O)=O)ccc1N. The molecule has 0 spiro atoms. The quantitative estimate of drug-likeness (QED) is 0.658. The number of nitrogen functional groups attached to an aromatic ring is 1. The minimum Gasteiger partial charge on any atom is -0.397 e. The lowest BCUT2D eigenvalue weighted by atomic mass is 10.2. The van der Waals surface area contributed by atoms with Gasteiger partial charge in [0.15, 0.2) is 0 Å². The Morgan fingerprint density at radius 2 is 2.11 bits per heavy atom. The number of ether oxygens (including phenoxy) is 1. The van der Waals surface area contributed by atoms with E-state index in [9.17, 15) is 8.42 Å². The lowest BCUT2D eigenvalue weighted by Crippen LogP contribution is -2.17. The number of benzene rings is 1. The monoisotopic (exact) mass is 273 g/mol. The molecule has 7 heteroatoms. The fourth-order valence-electron chi connectivity index (χ4n) is 1.49. The van der Waals surface area contributed by atoms with Crippen LogP contribution in [0.15, 0.2) is 23.1 Å². The zero-order chi connectivity index (χ0) is 13.8. The van der Waals surface area contributed by atoms with Crippen LogP contribution < -0.4 is 16.2 Å². The van der Waals surface area contributed by atoms with E-state index in [2.05, 4.69) is 5.32 Å². The van der Waals surface area contributed by atoms with Crippen LogP contribution in [0.1, 0.15) is 6.92 Å². The van der Waals surface area contributed by atoms with E-state index < -0.39 is 10.0 Å². The summed E-state index contributed by atoms with van der Waals surface area (Å²) in [7, 11) is -2.08. The van der Waals surface area contributed by atoms with Crippen LogP contribution in [0.5, 0.6) is 0 Å². The summed E-state index contributed by atoms with van der Waals surface area (Å²) in [4.78, 5) is 0.0404. The van der Waals surface area contributed by atoms with Crippen molar-refractivity contribution in [1.29, 1.82) is 0 Å². The van der Waals surface area contributed by atoms with Gasteiger partial charge in [0.2, 0.25) is 10.0 Å². The minimum atomic E-state index is -3.71. The molecule has 0 amide bonds. The van der Waals surface area contributed by atoms with Gasteiger partial charge in [0.05, 0.1) is 22.9 Å². The summed E-state index contributed by atoms with van der Waals surface area (Å²) in [6, 6.07) is 4.34. The Kier molecular flexibility index (Phi) is 4.94. The third-order valence-electron chi connectivity index (χ3n) is 2.45. The van der Waals surface area contributed by atoms with Gasteiger partial charge in [-0.3, -0.25) is 0 Å². The summed E-state index contributed by atoms with van der Waals surface area (Å²) >= 11 is 0. The molecule has 0 aliphatic carbocycles. The molecule has 0 aliphatic heterocycles. The number of anilines is 2. The molecule has 1 unspecified atom stereocenters. The van der Waals surface area contributed by atoms with Crippen LogP contribution in [0.25, 0.3) is 0 Å². The lowest BCUT2D eigenvalue weighted by molar-refractivity contribution is 0.164. The molecule has 0 aromatic heterocycles. The number of methoxy groups -OCH3 is 1. The molecule has 0 heterocycles. The predicted octanol–water partition coefficient (Wildman–Crippen LogP) is 0.611. The van der Waals surface area contributed by atoms with Gasteiger partial charge in [-0.25, -0.2) is 13.6 Å². The molecule has 0 fully saturated rings. The lowest BCUT2D eigenvalue weighted by Gasteiger charge is -2.14. The van der Waals surface area contributed by atoms with Crippen LogP contribution in [-0.4, -0.2) is 28.7 Å². The van der Waals surface area contributed by atoms with Gasteiger partial charge in [0.1, 0.15) is 0 Å². The van der Waals surface area contributed by atoms with E-state index in [-0.39, 0.29) is 10.8 Å². The van der Waals surface area contributed by atoms with Crippen molar-refractivity contribution >= 4 is 21.4 Å². The van der Waals surface area contributed by atoms with Crippen molar-refractivity contribution in [2.45, 2.75) is 11.8 Å². The summed E-state index contributed by atoms with van der Waals surface area (Å²) in [6.07, 6.45) is 0. The van der Waals surface area contributed by atoms with Crippen molar-refractivity contribution in [2.24, 2.45) is 11.1 Å². The second kappa shape index (κ2) is 6.03. The molecule has 1 aromatic carbocycles. The van der Waals surface area contributed by atoms with Crippen LogP contribution >= 0.6 is 0 Å². The van der Waals surface area contributed by atoms with Crippen molar-refractivity contribution in [3.05, 3.63) is 18.2 Å². The van der Waals surface area contributed by atoms with Gasteiger partial charge < -0.3 is 15.8 Å². The highest BCUT2D eigenvalue weighted by molar-refractivity contribution is 7.89. The number of rotatable bonds is 6. The van der Waals surface area contributed by atoms with E-state index in [1.54, 1.807) is 7.11 Å². The number of hydrogen-bond donors (Lipinski definition) is 3. The normalized spacial score (nSPS) is 13.3. The summed E-state index contributed by atoms with van der Waals surface area (Å²) in [5.41, 5.74) is 6.80. The number of sulfonamides is 1. The molecule has 1 aromatic rings. The van der Waals surface area contributed by atoms with Crippen molar-refractivity contribution < 1.29 is 13.2 Å². The van der Waals surface area contributed by atoms with E-state index in [1.807, 2.05) is 6.92 Å². The fourth-order valence-corrected chi connectivity index (χ4v) is 2.03. The molecule has 0 saturated heterocycles. The van der Waals surface area contributed by atoms with Gasteiger partial charge in [-0.1, -0.05) is 6.92 Å². The van der Waals surface area contributed by atoms with Crippen LogP contribution in [0, 0.1) is 5.92 Å². The Balaban J connectivity index is 2.82. The van der Waals surface area contributed by atoms with E-state index in [1.165, 1.54) is 18.2 Å². The first kappa shape index (κ1) is 14.7. The Bertz CT molecular complexity index is 502. The number of hydrogen-bond acceptors (Lipinski definition) is 5. The largest absolute Gasteiger partial charge is 0.397 e. The Morgan fingerprint density at radius 3 is 2.67 bits per heavy atom. The van der Waals surface area contributed by atoms with E-state index in [4.69, 9.17) is 15.6 Å². The predicted molar refractivity (Wildman–Crippen MR) is 71.8 cm³/mol. The fraction of sp³-hybridized carbons (Fsp3) is 0.455. The third-order valence-corrected chi connectivity index (χ3v) is 3.36. The first-order valence-electron chi connectivity index (χ1n) is 5.49. The summed E-state index contributed by atoms with van der Waals surface area (Å²) in [5, 5.41) is 8.15. The topological polar surface area (TPSA) is 107 Å². The second-order valence-corrected chi connectivity index (χ2v) is 5.80. The molecule has 1 atom stereocenters. The van der Waals surface area contributed by atoms with Gasteiger partial charge in [-0.2, -0.15) is 0 Å². The minimum absolute atomic E-state index is 0.0404. The highest BCUT2D eigenvalue weighted by Gasteiger charge is 2.10. The van der Waals surface area contributed by atoms with E-state index in [0.717, 1.165) is 0 Å². The molecule has 1 rings (SSSR count). The maximum atomic E-state index is 11.2. The van der Waals surface area contributed by atoms with E-state index >= 15 is 0 Å². The highest BCUT2D eigenvalue weighted by atomic mass is 32.2. The summed E-state index contributed by atoms with van der Waals surface area (Å²) in [6.45, 7) is 3.25. The average Bonchev–Trinajstić information content (AvgIpc) is 2.26. The van der Waals surface area contributed by atoms with Gasteiger partial charge in [0, 0.05) is 13.7 Å². The number of nitrogens with two attached hydrogens (primary N) is 2. The second-order valence-electron chi connectivity index (χ2n) is 4.24. The Morgan fingerprint density at radius 1 is 1.44 bits per heavy atom. The van der Waals surface area contributed by atoms with Crippen LogP contribution in [0.4, 0.5) is 11.4 Å². The average molecular weight is 273 g/mol. The van der Waals surface area contributed by atoms with Crippen molar-refractivity contribution in [2.75, 3.05) is 31.3 Å². The molecular weight excluding hydrogens is 254 g/mol. The van der Waals surface area contributed by atoms with Crippen LogP contribution in [-0.2, 0) is 14.8 Å². The molecular formula is C11H19N3O3S. The van der Waals surface area contributed by atoms with Crippen molar-refractivity contribution in [3.63, 3.8) is 0 Å².